The molecule has 2 aliphatic heterocycles. The predicted molar refractivity (Wildman–Crippen MR) is 92.4 cm³/mol. The molecule has 28 heavy (non-hydrogen) atoms. The lowest BCUT2D eigenvalue weighted by atomic mass is 9.38. The first-order valence-electron chi connectivity index (χ1n) is 9.84. The van der Waals surface area contributed by atoms with E-state index >= 15 is 0 Å². The fourth-order valence-corrected chi connectivity index (χ4v) is 7.64. The van der Waals surface area contributed by atoms with E-state index in [1.54, 1.807) is 20.8 Å². The maximum atomic E-state index is 12.5. The van der Waals surface area contributed by atoms with Crippen molar-refractivity contribution in [1.82, 2.24) is 0 Å². The number of esters is 1. The highest BCUT2D eigenvalue weighted by Gasteiger charge is 2.83. The number of rotatable bonds is 0. The summed E-state index contributed by atoms with van der Waals surface area (Å²) in [6.45, 7) is 5.17. The van der Waals surface area contributed by atoms with E-state index in [9.17, 15) is 30.0 Å². The fraction of sp³-hybridized carbons (Fsp3) is 0.800. The zero-order valence-electron chi connectivity index (χ0n) is 16.0. The van der Waals surface area contributed by atoms with Crippen LogP contribution in [0.5, 0.6) is 0 Å². The molecule has 5 aliphatic rings. The van der Waals surface area contributed by atoms with E-state index in [1.165, 1.54) is 6.08 Å². The van der Waals surface area contributed by atoms with Gasteiger partial charge in [0.1, 0.15) is 18.3 Å². The van der Waals surface area contributed by atoms with E-state index in [0.29, 0.717) is 6.42 Å². The van der Waals surface area contributed by atoms with Crippen molar-refractivity contribution in [3.05, 3.63) is 11.6 Å². The summed E-state index contributed by atoms with van der Waals surface area (Å²) in [5.41, 5.74) is -1.40. The Labute approximate surface area is 162 Å². The van der Waals surface area contributed by atoms with Gasteiger partial charge in [0.15, 0.2) is 17.7 Å². The first kappa shape index (κ1) is 18.7. The van der Waals surface area contributed by atoms with E-state index in [1.807, 2.05) is 0 Å². The molecule has 5 rings (SSSR count). The lowest BCUT2D eigenvalue weighted by molar-refractivity contribution is -0.339. The van der Waals surface area contributed by atoms with E-state index in [-0.39, 0.29) is 12.5 Å². The smallest absolute Gasteiger partial charge is 0.335 e. The fourth-order valence-electron chi connectivity index (χ4n) is 7.64. The highest BCUT2D eigenvalue weighted by atomic mass is 16.7. The van der Waals surface area contributed by atoms with Gasteiger partial charge in [-0.05, 0) is 31.3 Å². The second kappa shape index (κ2) is 5.23. The monoisotopic (exact) mass is 394 g/mol. The van der Waals surface area contributed by atoms with Crippen LogP contribution in [-0.4, -0.2) is 69.0 Å². The number of aliphatic hydroxyl groups is 4. The number of hydrogen-bond donors (Lipinski definition) is 4. The van der Waals surface area contributed by atoms with Crippen molar-refractivity contribution in [2.75, 3.05) is 6.61 Å². The summed E-state index contributed by atoms with van der Waals surface area (Å²) in [4.78, 5) is 25.0. The maximum absolute atomic E-state index is 12.5. The molecule has 0 aromatic rings. The van der Waals surface area contributed by atoms with E-state index in [2.05, 4.69) is 0 Å². The van der Waals surface area contributed by atoms with Crippen molar-refractivity contribution in [2.45, 2.75) is 57.4 Å². The van der Waals surface area contributed by atoms with Crippen LogP contribution in [-0.2, 0) is 19.1 Å². The van der Waals surface area contributed by atoms with Crippen molar-refractivity contribution < 1.29 is 39.5 Å². The molecular formula is C20H26O8. The standard InChI is InChI=1S/C20H26O8/c1-7-4-10(21)15(24)18(3)9(7)5-11-19-6-27-20(26,17(18)19)14(23)8(2)12(19)13(22)16(25)28-11/h4,8-9,11-15,17,22-24,26H,5-6H2,1-3H3/t8-,9+,11-,12-,13-,14-,15-,17?,18-,19+,20+/m1/s1. The zero-order valence-corrected chi connectivity index (χ0v) is 16.0. The third-order valence-corrected chi connectivity index (χ3v) is 8.65. The Hall–Kier alpha value is -1.32. The molecule has 1 spiro atoms. The van der Waals surface area contributed by atoms with Gasteiger partial charge in [0.25, 0.3) is 0 Å². The van der Waals surface area contributed by atoms with Crippen molar-refractivity contribution in [2.24, 2.45) is 34.5 Å². The summed E-state index contributed by atoms with van der Waals surface area (Å²) in [5, 5.41) is 44.2. The molecule has 2 saturated heterocycles. The Morgan fingerprint density at radius 2 is 1.89 bits per heavy atom. The van der Waals surface area contributed by atoms with Gasteiger partial charge in [-0.3, -0.25) is 4.79 Å². The number of allylic oxidation sites excluding steroid dienone is 1. The third kappa shape index (κ3) is 1.72. The van der Waals surface area contributed by atoms with Gasteiger partial charge in [-0.1, -0.05) is 19.4 Å². The molecule has 2 heterocycles. The highest BCUT2D eigenvalue weighted by molar-refractivity contribution is 5.96. The normalized spacial score (nSPS) is 59.9. The molecule has 0 radical (unpaired) electrons. The topological polar surface area (TPSA) is 134 Å². The van der Waals surface area contributed by atoms with Crippen LogP contribution >= 0.6 is 0 Å². The van der Waals surface area contributed by atoms with Crippen LogP contribution in [0.25, 0.3) is 0 Å². The number of hydrogen-bond acceptors (Lipinski definition) is 8. The minimum absolute atomic E-state index is 0.0266. The number of carbonyl (C=O) groups excluding carboxylic acids is 2. The summed E-state index contributed by atoms with van der Waals surface area (Å²) in [5.74, 6) is -5.79. The summed E-state index contributed by atoms with van der Waals surface area (Å²) < 4.78 is 11.4. The Balaban J connectivity index is 1.79. The summed E-state index contributed by atoms with van der Waals surface area (Å²) in [6.07, 6.45) is -3.14. The third-order valence-electron chi connectivity index (χ3n) is 8.65. The molecule has 3 aliphatic carbocycles. The minimum Gasteiger partial charge on any atom is -0.460 e. The van der Waals surface area contributed by atoms with Crippen molar-refractivity contribution in [3.63, 3.8) is 0 Å². The number of ketones is 1. The Morgan fingerprint density at radius 1 is 1.21 bits per heavy atom. The molecule has 0 aromatic carbocycles. The predicted octanol–water partition coefficient (Wildman–Crippen LogP) is -0.863. The largest absolute Gasteiger partial charge is 0.460 e. The van der Waals surface area contributed by atoms with Gasteiger partial charge in [-0.2, -0.15) is 0 Å². The highest BCUT2D eigenvalue weighted by Crippen LogP contribution is 2.73. The quantitative estimate of drug-likeness (QED) is 0.390. The summed E-state index contributed by atoms with van der Waals surface area (Å²) >= 11 is 0. The molecule has 8 heteroatoms. The molecule has 0 aromatic heterocycles. The Bertz CT molecular complexity index is 808. The van der Waals surface area contributed by atoms with Gasteiger partial charge in [0.05, 0.1) is 6.61 Å². The lowest BCUT2D eigenvalue weighted by Crippen LogP contribution is -2.77. The van der Waals surface area contributed by atoms with Gasteiger partial charge in [0.2, 0.25) is 0 Å². The van der Waals surface area contributed by atoms with Gasteiger partial charge in [-0.25, -0.2) is 4.79 Å². The van der Waals surface area contributed by atoms with Crippen LogP contribution in [0, 0.1) is 34.5 Å². The molecular weight excluding hydrogens is 368 g/mol. The molecule has 2 saturated carbocycles. The molecule has 0 amide bonds. The Kier molecular flexibility index (Phi) is 3.49. The molecule has 2 bridgehead atoms. The number of aliphatic hydroxyl groups excluding tert-OH is 3. The van der Waals surface area contributed by atoms with E-state index in [0.717, 1.165) is 5.57 Å². The summed E-state index contributed by atoms with van der Waals surface area (Å²) in [6, 6.07) is 0. The number of ether oxygens (including phenoxy) is 2. The van der Waals surface area contributed by atoms with Crippen molar-refractivity contribution in [3.8, 4) is 0 Å². The second-order valence-corrected chi connectivity index (χ2v) is 9.63. The average molecular weight is 394 g/mol. The first-order valence-corrected chi connectivity index (χ1v) is 9.84. The van der Waals surface area contributed by atoms with Crippen LogP contribution in [0.3, 0.4) is 0 Å². The van der Waals surface area contributed by atoms with Gasteiger partial charge in [-0.15, -0.1) is 0 Å². The lowest BCUT2D eigenvalue weighted by Gasteiger charge is -2.67. The number of carbonyl (C=O) groups is 2. The van der Waals surface area contributed by atoms with Crippen LogP contribution < -0.4 is 0 Å². The van der Waals surface area contributed by atoms with Crippen molar-refractivity contribution >= 4 is 11.8 Å². The average Bonchev–Trinajstić information content (AvgIpc) is 2.92. The van der Waals surface area contributed by atoms with Crippen LogP contribution in [0.2, 0.25) is 0 Å². The van der Waals surface area contributed by atoms with E-state index < -0.39 is 70.5 Å². The van der Waals surface area contributed by atoms with Crippen LogP contribution in [0.15, 0.2) is 11.6 Å². The maximum Gasteiger partial charge on any atom is 0.335 e. The number of fused-ring (bicyclic) bond motifs is 1. The first-order chi connectivity index (χ1) is 13.0. The van der Waals surface area contributed by atoms with Gasteiger partial charge in [0, 0.05) is 22.7 Å². The second-order valence-electron chi connectivity index (χ2n) is 9.63. The van der Waals surface area contributed by atoms with Gasteiger partial charge >= 0.3 is 5.97 Å². The summed E-state index contributed by atoms with van der Waals surface area (Å²) in [7, 11) is 0. The molecule has 4 fully saturated rings. The Morgan fingerprint density at radius 3 is 2.57 bits per heavy atom. The molecule has 1 unspecified atom stereocenters. The van der Waals surface area contributed by atoms with Crippen molar-refractivity contribution in [1.29, 1.82) is 0 Å². The molecule has 11 atom stereocenters. The van der Waals surface area contributed by atoms with E-state index in [4.69, 9.17) is 9.47 Å². The van der Waals surface area contributed by atoms with Gasteiger partial charge < -0.3 is 29.9 Å². The van der Waals surface area contributed by atoms with Crippen LogP contribution in [0.1, 0.15) is 27.2 Å². The zero-order chi connectivity index (χ0) is 20.4. The minimum atomic E-state index is -2.01. The SMILES string of the molecule is CC1=CC(=O)[C@@H](O)[C@]2(C)C3[C@]45CO[C@@]3(O)[C@H](O)[C@H](C)[C@@H]4[C@@H](O)C(=O)O[C@@H]5C[C@@H]12. The molecule has 4 N–H and O–H groups in total. The van der Waals surface area contributed by atoms with Crippen LogP contribution in [0.4, 0.5) is 0 Å². The molecule has 154 valence electrons. The molecule has 8 nitrogen and oxygen atoms in total.